The molecule has 3 heterocycles. The molecule has 244 valence electrons. The Balaban J connectivity index is 1.09. The highest BCUT2D eigenvalue weighted by Crippen LogP contribution is 2.36. The third kappa shape index (κ3) is 6.29. The number of hydrogen-bond acceptors (Lipinski definition) is 8. The minimum absolute atomic E-state index is 0.0170. The number of halogens is 1. The fourth-order valence-electron chi connectivity index (χ4n) is 5.68. The molecule has 1 aliphatic rings. The second kappa shape index (κ2) is 13.2. The summed E-state index contributed by atoms with van der Waals surface area (Å²) in [6.45, 7) is 8.20. The number of ether oxygens (including phenoxy) is 2. The Kier molecular flexibility index (Phi) is 8.82. The Morgan fingerprint density at radius 1 is 1.06 bits per heavy atom. The summed E-state index contributed by atoms with van der Waals surface area (Å²) in [6, 6.07) is 19.1. The number of pyridine rings is 1. The predicted octanol–water partition coefficient (Wildman–Crippen LogP) is 7.58. The Hall–Kier alpha value is -5.76. The third-order valence-corrected chi connectivity index (χ3v) is 8.30. The van der Waals surface area contributed by atoms with Crippen molar-refractivity contribution in [3.05, 3.63) is 94.9 Å². The van der Waals surface area contributed by atoms with E-state index in [1.165, 1.54) is 18.1 Å². The highest BCUT2D eigenvalue weighted by Gasteiger charge is 2.33. The van der Waals surface area contributed by atoms with Crippen LogP contribution in [0.5, 0.6) is 5.75 Å². The molecular weight excluding hydrogens is 613 g/mol. The molecule has 11 heteroatoms. The summed E-state index contributed by atoms with van der Waals surface area (Å²) in [6.07, 6.45) is 0.455. The van der Waals surface area contributed by atoms with Gasteiger partial charge in [-0.05, 0) is 72.0 Å². The number of carbonyl (C=O) groups excluding carboxylic acids is 2. The number of rotatable bonds is 9. The molecule has 2 aromatic heterocycles. The maximum Gasteiger partial charge on any atom is 0.416 e. The fraction of sp³-hybridized carbons (Fsp3) is 0.270. The number of cyclic esters (lactones) is 1. The number of carbonyl (C=O) groups is 2. The molecule has 48 heavy (non-hydrogen) atoms. The van der Waals surface area contributed by atoms with E-state index in [2.05, 4.69) is 21.4 Å². The van der Waals surface area contributed by atoms with E-state index in [1.54, 1.807) is 54.7 Å². The van der Waals surface area contributed by atoms with E-state index in [9.17, 15) is 19.2 Å². The number of oxazole rings is 1. The van der Waals surface area contributed by atoms with Gasteiger partial charge in [-0.25, -0.2) is 19.2 Å². The first-order valence-electron chi connectivity index (χ1n) is 15.6. The van der Waals surface area contributed by atoms with Crippen LogP contribution in [0.2, 0.25) is 0 Å². The summed E-state index contributed by atoms with van der Waals surface area (Å²) in [4.78, 5) is 36.1. The van der Waals surface area contributed by atoms with Crippen LogP contribution >= 0.6 is 0 Å². The minimum atomic E-state index is -0.582. The average Bonchev–Trinajstić information content (AvgIpc) is 3.69. The molecule has 1 aliphatic heterocycles. The molecule has 0 unspecified atom stereocenters. The van der Waals surface area contributed by atoms with E-state index in [4.69, 9.17) is 13.9 Å². The number of amides is 2. The van der Waals surface area contributed by atoms with Gasteiger partial charge >= 0.3 is 6.09 Å². The van der Waals surface area contributed by atoms with Crippen LogP contribution in [-0.2, 0) is 4.74 Å². The molecule has 3 aromatic carbocycles. The first-order chi connectivity index (χ1) is 23.1. The predicted molar refractivity (Wildman–Crippen MR) is 178 cm³/mol. The molecule has 10 nitrogen and oxygen atoms in total. The van der Waals surface area contributed by atoms with Crippen LogP contribution < -0.4 is 15.0 Å². The van der Waals surface area contributed by atoms with Crippen molar-refractivity contribution < 1.29 is 27.9 Å². The summed E-state index contributed by atoms with van der Waals surface area (Å²) < 4.78 is 31.5. The molecule has 0 spiro atoms. The highest BCUT2D eigenvalue weighted by atomic mass is 19.1. The molecule has 1 N–H and O–H groups in total. The van der Waals surface area contributed by atoms with Crippen LogP contribution in [-0.4, -0.2) is 48.3 Å². The van der Waals surface area contributed by atoms with Crippen LogP contribution in [0.4, 0.5) is 15.0 Å². The standard InChI is InChI=1S/C37H34FN5O5/c1-20(2)27-14-29(32(46-5)15-30(27)38)25-10-11-33(40-17-25)43-19-26(47-37(43)45)18-41-35(44)23-6-8-24(9-7-23)36-42-31-13-22(16-39)12-28(21(3)4)34(31)48-36/h6-15,17,20-21,26H,18-19H2,1-5H3,(H,41,44)/t26-/m1/s1. The quantitative estimate of drug-likeness (QED) is 0.173. The zero-order chi connectivity index (χ0) is 34.1. The van der Waals surface area contributed by atoms with Gasteiger partial charge in [0.15, 0.2) is 5.58 Å². The maximum atomic E-state index is 14.5. The second-order valence-electron chi connectivity index (χ2n) is 12.2. The van der Waals surface area contributed by atoms with E-state index in [0.717, 1.165) is 5.56 Å². The van der Waals surface area contributed by atoms with Crippen LogP contribution in [0.3, 0.4) is 0 Å². The molecule has 6 rings (SSSR count). The minimum Gasteiger partial charge on any atom is -0.496 e. The fourth-order valence-corrected chi connectivity index (χ4v) is 5.68. The number of nitrogens with zero attached hydrogens (tertiary/aromatic N) is 4. The lowest BCUT2D eigenvalue weighted by molar-refractivity contribution is 0.0916. The molecule has 0 saturated carbocycles. The first-order valence-corrected chi connectivity index (χ1v) is 15.6. The van der Waals surface area contributed by atoms with Gasteiger partial charge in [-0.1, -0.05) is 27.7 Å². The summed E-state index contributed by atoms with van der Waals surface area (Å²) in [5.74, 6) is 0.641. The highest BCUT2D eigenvalue weighted by molar-refractivity contribution is 5.95. The van der Waals surface area contributed by atoms with Gasteiger partial charge in [-0.3, -0.25) is 9.69 Å². The number of methoxy groups -OCH3 is 1. The Bertz CT molecular complexity index is 2050. The van der Waals surface area contributed by atoms with Gasteiger partial charge in [-0.15, -0.1) is 0 Å². The van der Waals surface area contributed by atoms with E-state index in [1.807, 2.05) is 33.8 Å². The number of benzene rings is 3. The Labute approximate surface area is 277 Å². The monoisotopic (exact) mass is 647 g/mol. The zero-order valence-corrected chi connectivity index (χ0v) is 27.2. The summed E-state index contributed by atoms with van der Waals surface area (Å²) in [5, 5.41) is 12.2. The molecule has 0 radical (unpaired) electrons. The maximum absolute atomic E-state index is 14.5. The summed E-state index contributed by atoms with van der Waals surface area (Å²) in [7, 11) is 1.48. The molecular formula is C37H34FN5O5. The van der Waals surface area contributed by atoms with Crippen molar-refractivity contribution in [3.8, 4) is 34.4 Å². The van der Waals surface area contributed by atoms with Gasteiger partial charge in [0.2, 0.25) is 5.89 Å². The van der Waals surface area contributed by atoms with Crippen LogP contribution in [0.15, 0.2) is 71.3 Å². The lowest BCUT2D eigenvalue weighted by Crippen LogP contribution is -2.34. The average molecular weight is 648 g/mol. The summed E-state index contributed by atoms with van der Waals surface area (Å²) >= 11 is 0. The molecule has 0 bridgehead atoms. The van der Waals surface area contributed by atoms with Gasteiger partial charge < -0.3 is 19.2 Å². The van der Waals surface area contributed by atoms with Crippen LogP contribution in [0.1, 0.15) is 66.6 Å². The molecule has 1 saturated heterocycles. The van der Waals surface area contributed by atoms with Crippen molar-refractivity contribution >= 4 is 28.9 Å². The van der Waals surface area contributed by atoms with Crippen LogP contribution in [0, 0.1) is 17.1 Å². The summed E-state index contributed by atoms with van der Waals surface area (Å²) in [5.41, 5.74) is 5.75. The van der Waals surface area contributed by atoms with Gasteiger partial charge in [0.05, 0.1) is 31.8 Å². The van der Waals surface area contributed by atoms with Crippen LogP contribution in [0.25, 0.3) is 33.7 Å². The van der Waals surface area contributed by atoms with Crippen molar-refractivity contribution in [1.82, 2.24) is 15.3 Å². The second-order valence-corrected chi connectivity index (χ2v) is 12.2. The number of nitriles is 1. The lowest BCUT2D eigenvalue weighted by atomic mass is 9.96. The smallest absolute Gasteiger partial charge is 0.416 e. The lowest BCUT2D eigenvalue weighted by Gasteiger charge is -2.16. The van der Waals surface area contributed by atoms with E-state index in [-0.39, 0.29) is 36.6 Å². The first kappa shape index (κ1) is 32.2. The van der Waals surface area contributed by atoms with Crippen molar-refractivity contribution in [2.45, 2.75) is 45.6 Å². The number of nitrogens with one attached hydrogen (secondary N) is 1. The Morgan fingerprint density at radius 3 is 2.44 bits per heavy atom. The zero-order valence-electron chi connectivity index (χ0n) is 27.2. The SMILES string of the molecule is COc1cc(F)c(C(C)C)cc1-c1ccc(N2C[C@@H](CNC(=O)c3ccc(-c4nc5cc(C#N)cc(C(C)C)c5o4)cc3)OC2=O)nc1. The van der Waals surface area contributed by atoms with E-state index >= 15 is 0 Å². The number of aromatic nitrogens is 2. The van der Waals surface area contributed by atoms with Crippen molar-refractivity contribution in [1.29, 1.82) is 5.26 Å². The van der Waals surface area contributed by atoms with Gasteiger partial charge in [0.25, 0.3) is 5.91 Å². The number of fused-ring (bicyclic) bond motifs is 1. The third-order valence-electron chi connectivity index (χ3n) is 8.30. The van der Waals surface area contributed by atoms with Crippen molar-refractivity contribution in [2.24, 2.45) is 0 Å². The Morgan fingerprint density at radius 2 is 1.79 bits per heavy atom. The van der Waals surface area contributed by atoms with Gasteiger partial charge in [0, 0.05) is 40.1 Å². The molecule has 2 amide bonds. The van der Waals surface area contributed by atoms with E-state index < -0.39 is 12.2 Å². The normalized spacial score (nSPS) is 14.4. The number of anilines is 1. The molecule has 5 aromatic rings. The molecule has 0 aliphatic carbocycles. The number of hydrogen-bond donors (Lipinski definition) is 1. The molecule has 1 fully saturated rings. The van der Waals surface area contributed by atoms with Crippen molar-refractivity contribution in [3.63, 3.8) is 0 Å². The largest absolute Gasteiger partial charge is 0.496 e. The molecule has 1 atom stereocenters. The van der Waals surface area contributed by atoms with Gasteiger partial charge in [-0.2, -0.15) is 5.26 Å². The van der Waals surface area contributed by atoms with Gasteiger partial charge in [0.1, 0.15) is 29.0 Å². The van der Waals surface area contributed by atoms with Crippen molar-refractivity contribution in [2.75, 3.05) is 25.1 Å². The van der Waals surface area contributed by atoms with E-state index in [0.29, 0.717) is 61.9 Å². The topological polar surface area (TPSA) is 131 Å².